The molecule has 1 aliphatic heterocycles. The molecule has 0 aliphatic carbocycles. The van der Waals surface area contributed by atoms with Crippen molar-refractivity contribution in [2.24, 2.45) is 0 Å². The van der Waals surface area contributed by atoms with Crippen LogP contribution in [-0.2, 0) is 14.4 Å². The minimum Gasteiger partial charge on any atom is -0.507 e. The molecule has 1 fully saturated rings. The number of carbonyl (C=O) groups is 3. The summed E-state index contributed by atoms with van der Waals surface area (Å²) in [6.45, 7) is 3.56. The van der Waals surface area contributed by atoms with Gasteiger partial charge in [0.25, 0.3) is 11.7 Å². The first-order valence-electron chi connectivity index (χ1n) is 9.66. The number of ketones is 1. The highest BCUT2D eigenvalue weighted by Gasteiger charge is 2.45. The second-order valence-electron chi connectivity index (χ2n) is 7.02. The van der Waals surface area contributed by atoms with Gasteiger partial charge >= 0.3 is 5.97 Å². The van der Waals surface area contributed by atoms with Gasteiger partial charge in [-0.3, -0.25) is 14.4 Å². The number of Topliss-reactive ketones (excluding diaryl/α,β-unsaturated/α-hetero) is 1. The molecular formula is C23H22FNO5. The average molecular weight is 411 g/mol. The van der Waals surface area contributed by atoms with Crippen molar-refractivity contribution in [3.05, 3.63) is 71.0 Å². The van der Waals surface area contributed by atoms with E-state index in [-0.39, 0.29) is 22.6 Å². The molecule has 1 N–H and O–H groups in total. The van der Waals surface area contributed by atoms with Crippen LogP contribution in [-0.4, -0.2) is 34.2 Å². The number of aliphatic hydroxyl groups is 1. The van der Waals surface area contributed by atoms with Gasteiger partial charge in [0, 0.05) is 19.0 Å². The first-order chi connectivity index (χ1) is 14.3. The zero-order valence-electron chi connectivity index (χ0n) is 16.7. The Kier molecular flexibility index (Phi) is 6.30. The predicted octanol–water partition coefficient (Wildman–Crippen LogP) is 3.97. The maximum atomic E-state index is 13.3. The third-order valence-corrected chi connectivity index (χ3v) is 4.85. The molecule has 1 saturated heterocycles. The van der Waals surface area contributed by atoms with Crippen molar-refractivity contribution in [3.8, 4) is 5.75 Å². The summed E-state index contributed by atoms with van der Waals surface area (Å²) in [6, 6.07) is 10.7. The van der Waals surface area contributed by atoms with Crippen molar-refractivity contribution in [2.45, 2.75) is 32.7 Å². The number of rotatable bonds is 6. The Bertz CT molecular complexity index is 1010. The molecule has 6 nitrogen and oxygen atoms in total. The summed E-state index contributed by atoms with van der Waals surface area (Å²) >= 11 is 0. The van der Waals surface area contributed by atoms with Crippen LogP contribution in [0.1, 0.15) is 43.9 Å². The Morgan fingerprint density at radius 2 is 1.87 bits per heavy atom. The van der Waals surface area contributed by atoms with Crippen LogP contribution in [0.2, 0.25) is 0 Å². The fraction of sp³-hybridized carbons (Fsp3) is 0.261. The predicted molar refractivity (Wildman–Crippen MR) is 108 cm³/mol. The number of esters is 1. The quantitative estimate of drug-likeness (QED) is 0.256. The van der Waals surface area contributed by atoms with Crippen LogP contribution in [0.15, 0.2) is 54.1 Å². The van der Waals surface area contributed by atoms with Crippen LogP contribution in [0.25, 0.3) is 5.76 Å². The summed E-state index contributed by atoms with van der Waals surface area (Å²) in [7, 11) is 0. The van der Waals surface area contributed by atoms with Crippen LogP contribution in [0.4, 0.5) is 4.39 Å². The van der Waals surface area contributed by atoms with Gasteiger partial charge in [-0.15, -0.1) is 0 Å². The number of amides is 1. The van der Waals surface area contributed by atoms with E-state index < -0.39 is 29.5 Å². The van der Waals surface area contributed by atoms with Crippen molar-refractivity contribution in [1.82, 2.24) is 4.90 Å². The fourth-order valence-corrected chi connectivity index (χ4v) is 3.46. The van der Waals surface area contributed by atoms with E-state index in [1.165, 1.54) is 36.1 Å². The average Bonchev–Trinajstić information content (AvgIpc) is 2.96. The summed E-state index contributed by atoms with van der Waals surface area (Å²) < 4.78 is 18.4. The lowest BCUT2D eigenvalue weighted by atomic mass is 9.95. The topological polar surface area (TPSA) is 83.9 Å². The van der Waals surface area contributed by atoms with E-state index in [9.17, 15) is 23.9 Å². The zero-order valence-corrected chi connectivity index (χ0v) is 16.7. The molecule has 3 rings (SSSR count). The number of hydrogen-bond donors (Lipinski definition) is 1. The second-order valence-corrected chi connectivity index (χ2v) is 7.02. The summed E-state index contributed by atoms with van der Waals surface area (Å²) in [5.41, 5.74) is 0.668. The minimum atomic E-state index is -0.850. The highest BCUT2D eigenvalue weighted by Crippen LogP contribution is 2.40. The van der Waals surface area contributed by atoms with Gasteiger partial charge in [0.2, 0.25) is 0 Å². The van der Waals surface area contributed by atoms with Gasteiger partial charge in [0.05, 0.1) is 11.6 Å². The van der Waals surface area contributed by atoms with E-state index in [1.807, 2.05) is 6.92 Å². The molecule has 0 bridgehead atoms. The Morgan fingerprint density at radius 3 is 2.50 bits per heavy atom. The first kappa shape index (κ1) is 21.2. The second kappa shape index (κ2) is 8.90. The van der Waals surface area contributed by atoms with Gasteiger partial charge in [-0.25, -0.2) is 4.39 Å². The zero-order chi connectivity index (χ0) is 21.8. The van der Waals surface area contributed by atoms with E-state index in [4.69, 9.17) is 4.74 Å². The van der Waals surface area contributed by atoms with E-state index in [2.05, 4.69) is 0 Å². The van der Waals surface area contributed by atoms with Crippen molar-refractivity contribution in [3.63, 3.8) is 0 Å². The summed E-state index contributed by atoms with van der Waals surface area (Å²) in [5, 5.41) is 10.9. The molecule has 0 radical (unpaired) electrons. The molecule has 1 heterocycles. The Labute approximate surface area is 173 Å². The number of nitrogens with zero attached hydrogens (tertiary/aromatic N) is 1. The van der Waals surface area contributed by atoms with Crippen molar-refractivity contribution >= 4 is 23.4 Å². The molecule has 0 aromatic heterocycles. The molecule has 1 unspecified atom stereocenters. The molecule has 2 aromatic rings. The maximum Gasteiger partial charge on any atom is 0.308 e. The number of carbonyl (C=O) groups excluding carboxylic acids is 3. The normalized spacial score (nSPS) is 18.0. The van der Waals surface area contributed by atoms with E-state index in [1.54, 1.807) is 24.3 Å². The molecular weight excluding hydrogens is 389 g/mol. The number of ether oxygens (including phenoxy) is 1. The maximum absolute atomic E-state index is 13.3. The highest BCUT2D eigenvalue weighted by molar-refractivity contribution is 6.46. The largest absolute Gasteiger partial charge is 0.507 e. The number of unbranched alkanes of at least 4 members (excludes halogenated alkanes) is 1. The van der Waals surface area contributed by atoms with Crippen LogP contribution >= 0.6 is 0 Å². The number of hydrogen-bond acceptors (Lipinski definition) is 5. The van der Waals surface area contributed by atoms with Crippen LogP contribution < -0.4 is 4.74 Å². The minimum absolute atomic E-state index is 0.0808. The lowest BCUT2D eigenvalue weighted by molar-refractivity contribution is -0.139. The molecule has 1 amide bonds. The molecule has 2 aromatic carbocycles. The van der Waals surface area contributed by atoms with Gasteiger partial charge < -0.3 is 14.7 Å². The van der Waals surface area contributed by atoms with Gasteiger partial charge in [-0.1, -0.05) is 25.5 Å². The molecule has 0 saturated carbocycles. The third kappa shape index (κ3) is 4.25. The SMILES string of the molecule is CCCCN1C(=O)C(=O)/C(=C(\O)c2ccc(F)cc2)C1c1cccc(OC(C)=O)c1. The van der Waals surface area contributed by atoms with Gasteiger partial charge in [0.15, 0.2) is 0 Å². The van der Waals surface area contributed by atoms with E-state index in [0.717, 1.165) is 6.42 Å². The first-order valence-corrected chi connectivity index (χ1v) is 9.66. The number of benzene rings is 2. The van der Waals surface area contributed by atoms with E-state index in [0.29, 0.717) is 18.5 Å². The van der Waals surface area contributed by atoms with Crippen molar-refractivity contribution < 1.29 is 28.6 Å². The smallest absolute Gasteiger partial charge is 0.308 e. The van der Waals surface area contributed by atoms with Gasteiger partial charge in [0.1, 0.15) is 17.3 Å². The molecule has 156 valence electrons. The summed E-state index contributed by atoms with van der Waals surface area (Å²) in [4.78, 5) is 38.3. The Balaban J connectivity index is 2.15. The Morgan fingerprint density at radius 1 is 1.17 bits per heavy atom. The van der Waals surface area contributed by atoms with E-state index >= 15 is 0 Å². The molecule has 30 heavy (non-hydrogen) atoms. The molecule has 1 aliphatic rings. The monoisotopic (exact) mass is 411 g/mol. The standard InChI is InChI=1S/C23H22FNO5/c1-3-4-12-25-20(16-6-5-7-18(13-16)30-14(2)26)19(22(28)23(25)29)21(27)15-8-10-17(24)11-9-15/h5-11,13,20,27H,3-4,12H2,1-2H3/b21-19-. The van der Waals surface area contributed by atoms with Crippen LogP contribution in [0, 0.1) is 5.82 Å². The molecule has 0 spiro atoms. The summed E-state index contributed by atoms with van der Waals surface area (Å²) in [6.07, 6.45) is 1.48. The van der Waals surface area contributed by atoms with Crippen LogP contribution in [0.5, 0.6) is 5.75 Å². The lowest BCUT2D eigenvalue weighted by Crippen LogP contribution is -2.30. The highest BCUT2D eigenvalue weighted by atomic mass is 19.1. The van der Waals surface area contributed by atoms with Gasteiger partial charge in [-0.2, -0.15) is 0 Å². The lowest BCUT2D eigenvalue weighted by Gasteiger charge is -2.25. The van der Waals surface area contributed by atoms with Crippen LogP contribution in [0.3, 0.4) is 0 Å². The fourth-order valence-electron chi connectivity index (χ4n) is 3.46. The summed E-state index contributed by atoms with van der Waals surface area (Å²) in [5.74, 6) is -2.62. The van der Waals surface area contributed by atoms with Crippen molar-refractivity contribution in [2.75, 3.05) is 6.54 Å². The molecule has 1 atom stereocenters. The molecule has 7 heteroatoms. The number of halogens is 1. The van der Waals surface area contributed by atoms with Crippen molar-refractivity contribution in [1.29, 1.82) is 0 Å². The van der Waals surface area contributed by atoms with Gasteiger partial charge in [-0.05, 0) is 48.4 Å². The third-order valence-electron chi connectivity index (χ3n) is 4.85. The number of aliphatic hydroxyl groups excluding tert-OH is 1. The Hall–Kier alpha value is -3.48. The number of likely N-dealkylation sites (tertiary alicyclic amines) is 1.